The van der Waals surface area contributed by atoms with Crippen molar-refractivity contribution in [2.45, 2.75) is 21.5 Å². The molecule has 2 aromatic carbocycles. The van der Waals surface area contributed by atoms with Crippen LogP contribution in [0.2, 0.25) is 0 Å². The van der Waals surface area contributed by atoms with Gasteiger partial charge < -0.3 is 9.47 Å². The molecule has 0 radical (unpaired) electrons. The molecule has 0 saturated heterocycles. The van der Waals surface area contributed by atoms with E-state index in [1.54, 1.807) is 24.3 Å². The van der Waals surface area contributed by atoms with Crippen LogP contribution in [0.3, 0.4) is 0 Å². The van der Waals surface area contributed by atoms with Crippen molar-refractivity contribution in [3.8, 4) is 11.5 Å². The van der Waals surface area contributed by atoms with Crippen LogP contribution in [0.5, 0.6) is 11.5 Å². The third-order valence-corrected chi connectivity index (χ3v) is 6.24. The molecule has 4 rings (SSSR count). The van der Waals surface area contributed by atoms with Crippen LogP contribution in [-0.4, -0.2) is 21.9 Å². The monoisotopic (exact) mass is 448 g/mol. The van der Waals surface area contributed by atoms with E-state index in [1.165, 1.54) is 22.7 Å². The molecule has 2 aromatic heterocycles. The van der Waals surface area contributed by atoms with Gasteiger partial charge in [0.1, 0.15) is 20.2 Å². The molecule has 0 N–H and O–H groups in total. The predicted molar refractivity (Wildman–Crippen MR) is 114 cm³/mol. The topological polar surface area (TPSA) is 78.4 Å². The maximum Gasteiger partial charge on any atom is 0.311 e. The standard InChI is InChI=1S/C18H12N2O4S4/c21-13(23-11-5-1-3-9-15(11)27-17(25)19-9)7-8-14(22)24-12-6-2-4-10-16(12)28-18(26)20-10/h1-6H,7-8H2,(H,19,25)(H,20,26). The molecule has 0 amide bonds. The summed E-state index contributed by atoms with van der Waals surface area (Å²) in [4.78, 5) is 32.8. The Labute approximate surface area is 178 Å². The summed E-state index contributed by atoms with van der Waals surface area (Å²) in [6.45, 7) is 0. The number of carbonyl (C=O) groups excluding carboxylic acids is 2. The quantitative estimate of drug-likeness (QED) is 0.260. The van der Waals surface area contributed by atoms with Gasteiger partial charge >= 0.3 is 11.9 Å². The van der Waals surface area contributed by atoms with E-state index in [1.807, 2.05) is 12.1 Å². The van der Waals surface area contributed by atoms with E-state index in [-0.39, 0.29) is 12.8 Å². The third kappa shape index (κ3) is 4.14. The molecule has 0 aliphatic carbocycles. The summed E-state index contributed by atoms with van der Waals surface area (Å²) < 4.78 is 13.4. The van der Waals surface area contributed by atoms with Gasteiger partial charge in [0.2, 0.25) is 0 Å². The van der Waals surface area contributed by atoms with Gasteiger partial charge in [-0.1, -0.05) is 12.1 Å². The van der Waals surface area contributed by atoms with Crippen LogP contribution >= 0.6 is 47.9 Å². The van der Waals surface area contributed by atoms with Crippen molar-refractivity contribution in [3.63, 3.8) is 0 Å². The van der Waals surface area contributed by atoms with Gasteiger partial charge in [0.05, 0.1) is 33.3 Å². The normalized spacial score (nSPS) is 11.1. The van der Waals surface area contributed by atoms with E-state index in [0.29, 0.717) is 31.2 Å². The average Bonchev–Trinajstić information content (AvgIpc) is 3.22. The van der Waals surface area contributed by atoms with Crippen LogP contribution in [0.1, 0.15) is 12.8 Å². The molecule has 0 atom stereocenters. The molecule has 142 valence electrons. The molecule has 0 unspecified atom stereocenters. The first-order chi connectivity index (χ1) is 13.5. The van der Waals surface area contributed by atoms with Gasteiger partial charge in [-0.25, -0.2) is 9.97 Å². The van der Waals surface area contributed by atoms with E-state index in [9.17, 15) is 9.59 Å². The number of aromatic nitrogens is 2. The zero-order valence-corrected chi connectivity index (χ0v) is 17.5. The number of esters is 2. The molecule has 4 aromatic rings. The summed E-state index contributed by atoms with van der Waals surface area (Å²) >= 11 is 11.1. The van der Waals surface area contributed by atoms with Crippen molar-refractivity contribution in [1.82, 2.24) is 9.97 Å². The fourth-order valence-corrected chi connectivity index (χ4v) is 4.81. The maximum absolute atomic E-state index is 12.2. The van der Waals surface area contributed by atoms with Crippen molar-refractivity contribution in [2.24, 2.45) is 0 Å². The molecular formula is C18H12N2O4S4. The first kappa shape index (κ1) is 19.2. The van der Waals surface area contributed by atoms with E-state index in [2.05, 4.69) is 35.2 Å². The number of fused-ring (bicyclic) bond motifs is 2. The Kier molecular flexibility index (Phi) is 5.54. The maximum atomic E-state index is 12.2. The first-order valence-corrected chi connectivity index (χ1v) is 10.6. The van der Waals surface area contributed by atoms with Crippen molar-refractivity contribution >= 4 is 80.3 Å². The molecule has 2 heterocycles. The summed E-state index contributed by atoms with van der Waals surface area (Å²) in [6.07, 6.45) is -0.198. The number of nitrogens with zero attached hydrogens (tertiary/aromatic N) is 2. The van der Waals surface area contributed by atoms with Crippen LogP contribution < -0.4 is 9.47 Å². The number of rotatable bonds is 5. The van der Waals surface area contributed by atoms with Gasteiger partial charge in [0.15, 0.2) is 0 Å². The van der Waals surface area contributed by atoms with Gasteiger partial charge in [0.25, 0.3) is 0 Å². The second-order valence-electron chi connectivity index (χ2n) is 5.65. The molecule has 6 nitrogen and oxygen atoms in total. The Hall–Kier alpha value is -2.14. The smallest absolute Gasteiger partial charge is 0.311 e. The molecular weight excluding hydrogens is 436 g/mol. The Morgan fingerprint density at radius 1 is 0.786 bits per heavy atom. The molecule has 28 heavy (non-hydrogen) atoms. The summed E-state index contributed by atoms with van der Waals surface area (Å²) in [5.41, 5.74) is 1.42. The van der Waals surface area contributed by atoms with Crippen molar-refractivity contribution in [2.75, 3.05) is 0 Å². The Bertz CT molecular complexity index is 1110. The third-order valence-electron chi connectivity index (χ3n) is 3.72. The lowest BCUT2D eigenvalue weighted by atomic mass is 10.3. The second-order valence-corrected chi connectivity index (χ2v) is 9.10. The molecule has 0 aliphatic rings. The highest BCUT2D eigenvalue weighted by molar-refractivity contribution is 7.83. The van der Waals surface area contributed by atoms with E-state index in [0.717, 1.165) is 9.40 Å². The van der Waals surface area contributed by atoms with Crippen LogP contribution in [0.15, 0.2) is 45.1 Å². The van der Waals surface area contributed by atoms with Gasteiger partial charge in [-0.2, -0.15) is 0 Å². The second kappa shape index (κ2) is 8.08. The molecule has 0 spiro atoms. The average molecular weight is 449 g/mol. The number of thiazole rings is 2. The number of ether oxygens (including phenoxy) is 2. The fourth-order valence-electron chi connectivity index (χ4n) is 2.54. The lowest BCUT2D eigenvalue weighted by molar-refractivity contribution is -0.140. The van der Waals surface area contributed by atoms with Crippen LogP contribution in [-0.2, 0) is 9.59 Å². The van der Waals surface area contributed by atoms with Crippen molar-refractivity contribution in [1.29, 1.82) is 0 Å². The van der Waals surface area contributed by atoms with E-state index >= 15 is 0 Å². The number of hydrogen-bond donors (Lipinski definition) is 2. The number of benzene rings is 2. The van der Waals surface area contributed by atoms with Gasteiger partial charge in [-0.3, -0.25) is 9.59 Å². The van der Waals surface area contributed by atoms with Crippen molar-refractivity contribution in [3.05, 3.63) is 36.4 Å². The minimum atomic E-state index is -0.521. The minimum Gasteiger partial charge on any atom is -0.425 e. The summed E-state index contributed by atoms with van der Waals surface area (Å²) in [5.74, 6) is -0.228. The highest BCUT2D eigenvalue weighted by Crippen LogP contribution is 2.34. The largest absolute Gasteiger partial charge is 0.425 e. The van der Waals surface area contributed by atoms with E-state index < -0.39 is 11.9 Å². The molecule has 0 bridgehead atoms. The molecule has 0 aliphatic heterocycles. The van der Waals surface area contributed by atoms with Crippen LogP contribution in [0, 0.1) is 0 Å². The Morgan fingerprint density at radius 2 is 1.21 bits per heavy atom. The van der Waals surface area contributed by atoms with Gasteiger partial charge in [0, 0.05) is 0 Å². The zero-order chi connectivity index (χ0) is 19.7. The predicted octanol–water partition coefficient (Wildman–Crippen LogP) is 4.77. The summed E-state index contributed by atoms with van der Waals surface area (Å²) in [6, 6.07) is 10.5. The molecule has 0 saturated carbocycles. The van der Waals surface area contributed by atoms with Crippen molar-refractivity contribution < 1.29 is 19.1 Å². The van der Waals surface area contributed by atoms with E-state index in [4.69, 9.17) is 9.47 Å². The number of hydrogen-bond acceptors (Lipinski definition) is 10. The minimum absolute atomic E-state index is 0.0990. The highest BCUT2D eigenvalue weighted by Gasteiger charge is 2.16. The highest BCUT2D eigenvalue weighted by atomic mass is 32.2. The zero-order valence-electron chi connectivity index (χ0n) is 14.1. The summed E-state index contributed by atoms with van der Waals surface area (Å²) in [7, 11) is 0. The van der Waals surface area contributed by atoms with Crippen LogP contribution in [0.4, 0.5) is 0 Å². The lowest BCUT2D eigenvalue weighted by Gasteiger charge is -2.06. The number of thiol groups is 2. The number of carbonyl (C=O) groups is 2. The lowest BCUT2D eigenvalue weighted by Crippen LogP contribution is -2.14. The molecule has 0 fully saturated rings. The Balaban J connectivity index is 1.38. The van der Waals surface area contributed by atoms with Crippen LogP contribution in [0.25, 0.3) is 20.4 Å². The SMILES string of the molecule is O=C(CCC(=O)Oc1cccc2nc(S)sc12)Oc1cccc2nc(S)sc12. The Morgan fingerprint density at radius 3 is 1.64 bits per heavy atom. The van der Waals surface area contributed by atoms with Gasteiger partial charge in [-0.15, -0.1) is 47.9 Å². The molecule has 10 heteroatoms. The van der Waals surface area contributed by atoms with Gasteiger partial charge in [-0.05, 0) is 24.3 Å². The fraction of sp³-hybridized carbons (Fsp3) is 0.111. The summed E-state index contributed by atoms with van der Waals surface area (Å²) in [5, 5.41) is 0. The first-order valence-electron chi connectivity index (χ1n) is 8.08.